The zero-order valence-electron chi connectivity index (χ0n) is 12.4. The van der Waals surface area contributed by atoms with Crippen molar-refractivity contribution in [2.75, 3.05) is 7.05 Å². The van der Waals surface area contributed by atoms with Crippen molar-refractivity contribution in [1.82, 2.24) is 5.32 Å². The summed E-state index contributed by atoms with van der Waals surface area (Å²) >= 11 is 0. The van der Waals surface area contributed by atoms with Gasteiger partial charge in [0.05, 0.1) is 0 Å². The highest BCUT2D eigenvalue weighted by atomic mass is 16.6. The van der Waals surface area contributed by atoms with E-state index in [1.54, 1.807) is 27.8 Å². The van der Waals surface area contributed by atoms with Gasteiger partial charge in [-0.3, -0.25) is 9.59 Å². The first-order valence-corrected chi connectivity index (χ1v) is 6.29. The number of nitrogens with one attached hydrogen (secondary N) is 1. The van der Waals surface area contributed by atoms with E-state index in [0.29, 0.717) is 0 Å². The van der Waals surface area contributed by atoms with Crippen molar-refractivity contribution >= 4 is 11.9 Å². The number of carboxylic acids is 1. The molecule has 2 N–H and O–H groups in total. The van der Waals surface area contributed by atoms with Crippen LogP contribution in [0.1, 0.15) is 53.9 Å². The Morgan fingerprint density at radius 1 is 1.28 bits per heavy atom. The number of carboxylic acid groups (broad SMARTS) is 1. The SMILES string of the molecule is CCC.CNC(CCC(=O)OC(C)(C)C)C(=O)O. The predicted molar refractivity (Wildman–Crippen MR) is 71.5 cm³/mol. The van der Waals surface area contributed by atoms with Gasteiger partial charge in [-0.05, 0) is 34.2 Å². The third-order valence-corrected chi connectivity index (χ3v) is 1.70. The Balaban J connectivity index is 0. The third kappa shape index (κ3) is 13.0. The van der Waals surface area contributed by atoms with Gasteiger partial charge in [0.15, 0.2) is 0 Å². The van der Waals surface area contributed by atoms with E-state index in [1.165, 1.54) is 6.42 Å². The van der Waals surface area contributed by atoms with Gasteiger partial charge in [-0.25, -0.2) is 0 Å². The van der Waals surface area contributed by atoms with Crippen molar-refractivity contribution in [3.63, 3.8) is 0 Å². The first-order chi connectivity index (χ1) is 8.17. The maximum Gasteiger partial charge on any atom is 0.320 e. The van der Waals surface area contributed by atoms with Crippen molar-refractivity contribution in [3.05, 3.63) is 0 Å². The monoisotopic (exact) mass is 261 g/mol. The minimum Gasteiger partial charge on any atom is -0.480 e. The fraction of sp³-hybridized carbons (Fsp3) is 0.846. The molecule has 0 saturated carbocycles. The Hall–Kier alpha value is -1.10. The van der Waals surface area contributed by atoms with E-state index in [-0.39, 0.29) is 18.8 Å². The normalized spacial score (nSPS) is 12.1. The first-order valence-electron chi connectivity index (χ1n) is 6.29. The average Bonchev–Trinajstić information content (AvgIpc) is 2.16. The minimum absolute atomic E-state index is 0.106. The number of esters is 1. The smallest absolute Gasteiger partial charge is 0.320 e. The Morgan fingerprint density at radius 3 is 2.00 bits per heavy atom. The van der Waals surface area contributed by atoms with Gasteiger partial charge in [0.2, 0.25) is 0 Å². The molecule has 1 unspecified atom stereocenters. The summed E-state index contributed by atoms with van der Waals surface area (Å²) in [5.41, 5.74) is -0.518. The van der Waals surface area contributed by atoms with E-state index in [2.05, 4.69) is 19.2 Å². The van der Waals surface area contributed by atoms with Crippen molar-refractivity contribution in [2.24, 2.45) is 0 Å². The molecule has 0 heterocycles. The van der Waals surface area contributed by atoms with Crippen LogP contribution >= 0.6 is 0 Å². The van der Waals surface area contributed by atoms with Crippen LogP contribution in [0.4, 0.5) is 0 Å². The van der Waals surface area contributed by atoms with Crippen molar-refractivity contribution < 1.29 is 19.4 Å². The molecule has 0 rings (SSSR count). The van der Waals surface area contributed by atoms with E-state index >= 15 is 0 Å². The minimum atomic E-state index is -0.957. The first kappa shape index (κ1) is 19.2. The molecule has 0 aromatic carbocycles. The highest BCUT2D eigenvalue weighted by Gasteiger charge is 2.20. The third-order valence-electron chi connectivity index (χ3n) is 1.70. The lowest BCUT2D eigenvalue weighted by Crippen LogP contribution is -2.35. The highest BCUT2D eigenvalue weighted by Crippen LogP contribution is 2.09. The lowest BCUT2D eigenvalue weighted by Gasteiger charge is -2.20. The van der Waals surface area contributed by atoms with Crippen LogP contribution < -0.4 is 5.32 Å². The molecule has 5 heteroatoms. The molecular weight excluding hydrogens is 234 g/mol. The van der Waals surface area contributed by atoms with E-state index in [4.69, 9.17) is 9.84 Å². The van der Waals surface area contributed by atoms with Crippen LogP contribution in [-0.4, -0.2) is 35.7 Å². The Labute approximate surface area is 110 Å². The van der Waals surface area contributed by atoms with Crippen LogP contribution in [-0.2, 0) is 14.3 Å². The second-order valence-electron chi connectivity index (χ2n) is 5.01. The molecule has 0 amide bonds. The van der Waals surface area contributed by atoms with E-state index in [0.717, 1.165) is 0 Å². The maximum absolute atomic E-state index is 11.3. The molecule has 0 aromatic rings. The highest BCUT2D eigenvalue weighted by molar-refractivity contribution is 5.75. The number of carbonyl (C=O) groups excluding carboxylic acids is 1. The summed E-state index contributed by atoms with van der Waals surface area (Å²) in [4.78, 5) is 21.9. The molecule has 0 saturated heterocycles. The molecule has 0 aliphatic rings. The number of carbonyl (C=O) groups is 2. The number of likely N-dealkylation sites (N-methyl/N-ethyl adjacent to an activating group) is 1. The molecule has 1 atom stereocenters. The largest absolute Gasteiger partial charge is 0.480 e. The fourth-order valence-electron chi connectivity index (χ4n) is 1.05. The standard InChI is InChI=1S/C10H19NO4.C3H8/c1-10(2,3)15-8(12)6-5-7(11-4)9(13)14;1-3-2/h7,11H,5-6H2,1-4H3,(H,13,14);3H2,1-2H3. The number of aliphatic carboxylic acids is 1. The van der Waals surface area contributed by atoms with Crippen LogP contribution in [0.3, 0.4) is 0 Å². The summed E-state index contributed by atoms with van der Waals surface area (Å²) in [6, 6.07) is -0.697. The van der Waals surface area contributed by atoms with E-state index in [9.17, 15) is 9.59 Å². The van der Waals surface area contributed by atoms with Crippen LogP contribution in [0.2, 0.25) is 0 Å². The van der Waals surface area contributed by atoms with Crippen molar-refractivity contribution in [1.29, 1.82) is 0 Å². The quantitative estimate of drug-likeness (QED) is 0.742. The summed E-state index contributed by atoms with van der Waals surface area (Å²) in [5.74, 6) is -1.33. The lowest BCUT2D eigenvalue weighted by atomic mass is 10.1. The molecule has 0 radical (unpaired) electrons. The Kier molecular flexibility index (Phi) is 10.6. The second kappa shape index (κ2) is 9.88. The van der Waals surface area contributed by atoms with E-state index < -0.39 is 17.6 Å². The van der Waals surface area contributed by atoms with Crippen LogP contribution in [0.5, 0.6) is 0 Å². The molecule has 0 spiro atoms. The topological polar surface area (TPSA) is 75.6 Å². The fourth-order valence-corrected chi connectivity index (χ4v) is 1.05. The number of hydrogen-bond donors (Lipinski definition) is 2. The van der Waals surface area contributed by atoms with Crippen LogP contribution in [0.15, 0.2) is 0 Å². The second-order valence-corrected chi connectivity index (χ2v) is 5.01. The summed E-state index contributed by atoms with van der Waals surface area (Å²) in [6.07, 6.45) is 1.59. The van der Waals surface area contributed by atoms with Gasteiger partial charge < -0.3 is 15.2 Å². The summed E-state index contributed by atoms with van der Waals surface area (Å²) in [7, 11) is 1.55. The molecule has 0 aliphatic carbocycles. The molecular formula is C13H27NO4. The number of rotatable bonds is 5. The molecule has 0 aromatic heterocycles. The van der Waals surface area contributed by atoms with E-state index in [1.807, 2.05) is 0 Å². The van der Waals surface area contributed by atoms with Gasteiger partial charge in [0.1, 0.15) is 11.6 Å². The van der Waals surface area contributed by atoms with Gasteiger partial charge in [0, 0.05) is 6.42 Å². The van der Waals surface area contributed by atoms with Crippen molar-refractivity contribution in [3.8, 4) is 0 Å². The molecule has 108 valence electrons. The summed E-state index contributed by atoms with van der Waals surface area (Å²) < 4.78 is 5.05. The van der Waals surface area contributed by atoms with Crippen LogP contribution in [0, 0.1) is 0 Å². The summed E-state index contributed by atoms with van der Waals surface area (Å²) in [5, 5.41) is 11.3. The zero-order valence-corrected chi connectivity index (χ0v) is 12.4. The maximum atomic E-state index is 11.3. The van der Waals surface area contributed by atoms with Gasteiger partial charge in [-0.1, -0.05) is 20.3 Å². The van der Waals surface area contributed by atoms with Gasteiger partial charge in [-0.15, -0.1) is 0 Å². The molecule has 0 fully saturated rings. The van der Waals surface area contributed by atoms with Crippen molar-refractivity contribution in [2.45, 2.75) is 65.5 Å². The molecule has 5 nitrogen and oxygen atoms in total. The predicted octanol–water partition coefficient (Wildman–Crippen LogP) is 2.20. The Bertz CT molecular complexity index is 246. The van der Waals surface area contributed by atoms with Gasteiger partial charge >= 0.3 is 11.9 Å². The molecule has 0 bridgehead atoms. The zero-order chi connectivity index (χ0) is 14.8. The van der Waals surface area contributed by atoms with Gasteiger partial charge in [-0.2, -0.15) is 0 Å². The number of ether oxygens (including phenoxy) is 1. The lowest BCUT2D eigenvalue weighted by molar-refractivity contribution is -0.155. The number of hydrogen-bond acceptors (Lipinski definition) is 4. The molecule has 18 heavy (non-hydrogen) atoms. The average molecular weight is 261 g/mol. The Morgan fingerprint density at radius 2 is 1.72 bits per heavy atom. The molecule has 0 aliphatic heterocycles. The van der Waals surface area contributed by atoms with Crippen LogP contribution in [0.25, 0.3) is 0 Å². The summed E-state index contributed by atoms with van der Waals surface area (Å²) in [6.45, 7) is 9.58. The van der Waals surface area contributed by atoms with Gasteiger partial charge in [0.25, 0.3) is 0 Å².